The predicted octanol–water partition coefficient (Wildman–Crippen LogP) is 8.25. The molecule has 252 valence electrons. The Kier molecular flexibility index (Phi) is 8.74. The fourth-order valence-corrected chi connectivity index (χ4v) is 7.99. The number of alkyl halides is 2. The van der Waals surface area contributed by atoms with Crippen LogP contribution in [0.25, 0.3) is 43.1 Å². The number of likely N-dealkylation sites (tertiary alicyclic amines) is 1. The second kappa shape index (κ2) is 12.7. The van der Waals surface area contributed by atoms with Gasteiger partial charge >= 0.3 is 12.5 Å². The Morgan fingerprint density at radius 1 is 1.08 bits per heavy atom. The zero-order valence-corrected chi connectivity index (χ0v) is 28.6. The second-order valence-corrected chi connectivity index (χ2v) is 14.9. The number of hydrogen-bond donors (Lipinski definition) is 1. The van der Waals surface area contributed by atoms with Crippen LogP contribution in [-0.2, 0) is 14.3 Å². The van der Waals surface area contributed by atoms with Crippen LogP contribution in [0.1, 0.15) is 69.0 Å². The first-order valence-electron chi connectivity index (χ1n) is 16.0. The molecule has 9 nitrogen and oxygen atoms in total. The van der Waals surface area contributed by atoms with Gasteiger partial charge in [0.25, 0.3) is 0 Å². The van der Waals surface area contributed by atoms with E-state index in [4.69, 9.17) is 31.0 Å². The minimum Gasteiger partial charge on any atom is -0.479 e. The Morgan fingerprint density at radius 2 is 1.79 bits per heavy atom. The number of aryl methyl sites for hydroxylation is 1. The largest absolute Gasteiger partial charge is 0.479 e. The van der Waals surface area contributed by atoms with E-state index in [1.165, 1.54) is 11.3 Å². The number of carboxylic acid groups (broad SMARTS) is 1. The number of thiazole rings is 1. The third-order valence-corrected chi connectivity index (χ3v) is 10.4. The SMILES string of the molecule is Cc1cc2nc(-c3ccc4nn(C(F)F)c(C5CCN(C6COC6)CC5)c4n3)sc2c(-c2ccc(Cl)cc2)c1[C@H](OC(C)(C)C)C(=O)O. The van der Waals surface area contributed by atoms with E-state index in [1.807, 2.05) is 45.9 Å². The van der Waals surface area contributed by atoms with Gasteiger partial charge in [0.15, 0.2) is 6.10 Å². The lowest BCUT2D eigenvalue weighted by molar-refractivity contribution is -0.160. The van der Waals surface area contributed by atoms with E-state index in [1.54, 1.807) is 24.3 Å². The van der Waals surface area contributed by atoms with Crippen LogP contribution in [0.2, 0.25) is 5.02 Å². The summed E-state index contributed by atoms with van der Waals surface area (Å²) in [5, 5.41) is 15.8. The first-order chi connectivity index (χ1) is 22.9. The van der Waals surface area contributed by atoms with Crippen molar-refractivity contribution in [3.05, 3.63) is 64.3 Å². The number of carboxylic acids is 1. The van der Waals surface area contributed by atoms with E-state index < -0.39 is 24.2 Å². The summed E-state index contributed by atoms with van der Waals surface area (Å²) >= 11 is 7.62. The number of fused-ring (bicyclic) bond motifs is 2. The van der Waals surface area contributed by atoms with Gasteiger partial charge in [-0.1, -0.05) is 23.7 Å². The van der Waals surface area contributed by atoms with Crippen LogP contribution in [0, 0.1) is 6.92 Å². The zero-order valence-electron chi connectivity index (χ0n) is 27.0. The molecule has 0 aliphatic carbocycles. The molecule has 2 saturated heterocycles. The maximum atomic E-state index is 14.4. The van der Waals surface area contributed by atoms with Crippen LogP contribution in [0.3, 0.4) is 0 Å². The molecule has 3 aromatic heterocycles. The van der Waals surface area contributed by atoms with Gasteiger partial charge in [-0.3, -0.25) is 4.90 Å². The number of halogens is 3. The molecule has 0 unspecified atom stereocenters. The molecule has 0 spiro atoms. The molecule has 2 aromatic carbocycles. The van der Waals surface area contributed by atoms with Crippen molar-refractivity contribution in [1.29, 1.82) is 0 Å². The number of rotatable bonds is 8. The minimum atomic E-state index is -2.79. The molecular weight excluding hydrogens is 660 g/mol. The van der Waals surface area contributed by atoms with Gasteiger partial charge in [-0.05, 0) is 95.1 Å². The maximum absolute atomic E-state index is 14.4. The highest BCUT2D eigenvalue weighted by atomic mass is 35.5. The molecule has 2 fully saturated rings. The average molecular weight is 696 g/mol. The molecule has 0 saturated carbocycles. The number of ether oxygens (including phenoxy) is 2. The predicted molar refractivity (Wildman–Crippen MR) is 182 cm³/mol. The maximum Gasteiger partial charge on any atom is 0.337 e. The number of piperidine rings is 1. The highest BCUT2D eigenvalue weighted by Crippen LogP contribution is 2.45. The lowest BCUT2D eigenvalue weighted by Crippen LogP contribution is -2.51. The first kappa shape index (κ1) is 33.0. The summed E-state index contributed by atoms with van der Waals surface area (Å²) in [5.74, 6) is -1.22. The Hall–Kier alpha value is -3.55. The minimum absolute atomic E-state index is 0.114. The standard InChI is InChI=1S/C35H36ClF2N5O4S/c1-18-15-25-31(27(19-5-7-21(36)8-6-19)26(18)30(33(44)45)47-35(2,3)4)48-32(40-25)24-10-9-23-28(39-24)29(43(41-23)34(37)38)20-11-13-42(14-12-20)22-16-46-17-22/h5-10,15,20,22,30,34H,11-14,16-17H2,1-4H3,(H,44,45)/t30-/m0/s1. The van der Waals surface area contributed by atoms with Crippen LogP contribution in [-0.4, -0.2) is 73.7 Å². The molecule has 2 aliphatic rings. The van der Waals surface area contributed by atoms with Gasteiger partial charge in [-0.25, -0.2) is 19.4 Å². The molecule has 0 amide bonds. The van der Waals surface area contributed by atoms with Crippen LogP contribution < -0.4 is 0 Å². The van der Waals surface area contributed by atoms with E-state index in [-0.39, 0.29) is 5.92 Å². The molecule has 5 heterocycles. The van der Waals surface area contributed by atoms with Crippen molar-refractivity contribution in [2.75, 3.05) is 26.3 Å². The van der Waals surface area contributed by atoms with Crippen molar-refractivity contribution >= 4 is 50.2 Å². The van der Waals surface area contributed by atoms with Gasteiger partial charge in [0.2, 0.25) is 0 Å². The summed E-state index contributed by atoms with van der Waals surface area (Å²) < 4.78 is 41.8. The summed E-state index contributed by atoms with van der Waals surface area (Å²) in [6.45, 7) is 7.57. The van der Waals surface area contributed by atoms with Crippen molar-refractivity contribution in [1.82, 2.24) is 24.6 Å². The third kappa shape index (κ3) is 6.20. The first-order valence-corrected chi connectivity index (χ1v) is 17.2. The van der Waals surface area contributed by atoms with Crippen LogP contribution in [0.15, 0.2) is 42.5 Å². The summed E-state index contributed by atoms with van der Waals surface area (Å²) in [7, 11) is 0. The molecular formula is C35H36ClF2N5O4S. The van der Waals surface area contributed by atoms with Gasteiger partial charge in [-0.15, -0.1) is 11.3 Å². The highest BCUT2D eigenvalue weighted by Gasteiger charge is 2.35. The van der Waals surface area contributed by atoms with Gasteiger partial charge in [0.05, 0.1) is 46.5 Å². The topological polar surface area (TPSA) is 103 Å². The summed E-state index contributed by atoms with van der Waals surface area (Å²) in [4.78, 5) is 25.0. The van der Waals surface area contributed by atoms with Crippen LogP contribution in [0.5, 0.6) is 0 Å². The second-order valence-electron chi connectivity index (χ2n) is 13.5. The molecule has 0 bridgehead atoms. The molecule has 1 atom stereocenters. The quantitative estimate of drug-likeness (QED) is 0.173. The Bertz CT molecular complexity index is 2000. The van der Waals surface area contributed by atoms with Gasteiger partial charge in [0.1, 0.15) is 16.0 Å². The Morgan fingerprint density at radius 3 is 2.40 bits per heavy atom. The molecule has 5 aromatic rings. The lowest BCUT2D eigenvalue weighted by Gasteiger charge is -2.41. The smallest absolute Gasteiger partial charge is 0.337 e. The number of carbonyl (C=O) groups is 1. The Balaban J connectivity index is 1.35. The summed E-state index contributed by atoms with van der Waals surface area (Å²) in [6, 6.07) is 13.0. The van der Waals surface area contributed by atoms with Crippen molar-refractivity contribution in [2.24, 2.45) is 0 Å². The van der Waals surface area contributed by atoms with Crippen LogP contribution >= 0.6 is 22.9 Å². The number of hydrogen-bond acceptors (Lipinski definition) is 8. The molecule has 48 heavy (non-hydrogen) atoms. The number of nitrogens with zero attached hydrogens (tertiary/aromatic N) is 5. The van der Waals surface area contributed by atoms with E-state index in [2.05, 4.69) is 10.00 Å². The molecule has 7 rings (SSSR count). The fourth-order valence-electron chi connectivity index (χ4n) is 6.77. The molecule has 0 radical (unpaired) electrons. The number of aliphatic carboxylic acids is 1. The molecule has 2 aliphatic heterocycles. The number of pyridine rings is 1. The normalized spacial score (nSPS) is 17.4. The monoisotopic (exact) mass is 695 g/mol. The van der Waals surface area contributed by atoms with Crippen LogP contribution in [0.4, 0.5) is 8.78 Å². The van der Waals surface area contributed by atoms with E-state index in [0.717, 1.165) is 54.1 Å². The fraction of sp³-hybridized carbons (Fsp3) is 0.429. The van der Waals surface area contributed by atoms with Gasteiger partial charge in [-0.2, -0.15) is 13.9 Å². The highest BCUT2D eigenvalue weighted by molar-refractivity contribution is 7.22. The molecule has 1 N–H and O–H groups in total. The summed E-state index contributed by atoms with van der Waals surface area (Å²) in [6.07, 6.45) is 0.210. The van der Waals surface area contributed by atoms with Crippen molar-refractivity contribution < 1.29 is 28.2 Å². The molecule has 13 heteroatoms. The van der Waals surface area contributed by atoms with E-state index >= 15 is 0 Å². The Labute approximate surface area is 285 Å². The van der Waals surface area contributed by atoms with Crippen molar-refractivity contribution in [2.45, 2.75) is 70.8 Å². The average Bonchev–Trinajstić information content (AvgIpc) is 3.60. The number of benzene rings is 2. The summed E-state index contributed by atoms with van der Waals surface area (Å²) in [5.41, 5.74) is 4.49. The van der Waals surface area contributed by atoms with Crippen molar-refractivity contribution in [3.63, 3.8) is 0 Å². The lowest BCUT2D eigenvalue weighted by atomic mass is 9.91. The zero-order chi connectivity index (χ0) is 33.9. The van der Waals surface area contributed by atoms with Crippen molar-refractivity contribution in [3.8, 4) is 21.8 Å². The van der Waals surface area contributed by atoms with E-state index in [0.29, 0.717) is 60.7 Å². The van der Waals surface area contributed by atoms with E-state index in [9.17, 15) is 18.7 Å². The van der Waals surface area contributed by atoms with Gasteiger partial charge < -0.3 is 14.6 Å². The number of aromatic nitrogens is 4. The third-order valence-electron chi connectivity index (χ3n) is 9.05. The van der Waals surface area contributed by atoms with Gasteiger partial charge in [0, 0.05) is 22.1 Å².